The van der Waals surface area contributed by atoms with Crippen LogP contribution in [0.4, 0.5) is 0 Å². The van der Waals surface area contributed by atoms with Crippen LogP contribution in [0.2, 0.25) is 0 Å². The highest BCUT2D eigenvalue weighted by Gasteiger charge is 2.57. The minimum absolute atomic E-state index is 0.0453. The van der Waals surface area contributed by atoms with Crippen LogP contribution in [0, 0.1) is 23.2 Å². The fourth-order valence-electron chi connectivity index (χ4n) is 7.24. The first-order valence-corrected chi connectivity index (χ1v) is 13.7. The number of hydrogen-bond acceptors (Lipinski definition) is 6. The molecule has 1 amide bonds. The minimum Gasteiger partial charge on any atom is -0.481 e. The minimum atomic E-state index is -0.740. The number of aliphatic carboxylic acids is 2. The number of carbonyl (C=O) groups excluding carboxylic acids is 1. The van der Waals surface area contributed by atoms with Crippen LogP contribution >= 0.6 is 0 Å². The van der Waals surface area contributed by atoms with E-state index in [0.717, 1.165) is 83.5 Å². The van der Waals surface area contributed by atoms with E-state index >= 15 is 0 Å². The Morgan fingerprint density at radius 3 is 1.97 bits per heavy atom. The van der Waals surface area contributed by atoms with Gasteiger partial charge in [0, 0.05) is 24.9 Å². The van der Waals surface area contributed by atoms with Crippen molar-refractivity contribution in [3.05, 3.63) is 0 Å². The second-order valence-electron chi connectivity index (χ2n) is 11.6. The van der Waals surface area contributed by atoms with Crippen LogP contribution in [0.25, 0.3) is 0 Å². The number of likely N-dealkylation sites (tertiary alicyclic amines) is 1. The Balaban J connectivity index is 0.000000226. The molecule has 4 bridgehead atoms. The lowest BCUT2D eigenvalue weighted by molar-refractivity contribution is -0.147. The molecule has 0 spiro atoms. The van der Waals surface area contributed by atoms with Gasteiger partial charge in [0.05, 0.1) is 18.2 Å². The quantitative estimate of drug-likeness (QED) is 0.294. The van der Waals surface area contributed by atoms with Crippen molar-refractivity contribution in [1.29, 1.82) is 5.26 Å². The zero-order valence-corrected chi connectivity index (χ0v) is 21.4. The Labute approximate surface area is 214 Å². The van der Waals surface area contributed by atoms with Crippen LogP contribution in [-0.4, -0.2) is 68.3 Å². The standard InChI is InChI=1S/C17H25N3O2.C10H18O4/c18-9-14-2-1-3-20(14)15(21)10-19-16-5-12-4-13(6-16)8-17(22,7-12)11-16;11-9(12)7-5-3-1-2-4-6-8-10(13)14/h12-14,19,22H,1-8,10-11H2;1-8H2,(H,11,12)(H,13,14)/t12?,13?,14-,16?,17?;/m0./s1. The molecule has 1 aliphatic heterocycles. The molecule has 1 heterocycles. The van der Waals surface area contributed by atoms with E-state index in [4.69, 9.17) is 15.5 Å². The van der Waals surface area contributed by atoms with E-state index in [-0.39, 0.29) is 30.3 Å². The topological polar surface area (TPSA) is 151 Å². The molecule has 9 heteroatoms. The fraction of sp³-hybridized carbons (Fsp3) is 0.852. The molecule has 9 nitrogen and oxygen atoms in total. The van der Waals surface area contributed by atoms with E-state index in [1.54, 1.807) is 4.90 Å². The molecule has 3 atom stereocenters. The Hall–Kier alpha value is -2.18. The molecular formula is C27H43N3O6. The first-order valence-electron chi connectivity index (χ1n) is 13.7. The summed E-state index contributed by atoms with van der Waals surface area (Å²) in [6.45, 7) is 1.02. The third kappa shape index (κ3) is 8.17. The zero-order chi connectivity index (χ0) is 26.2. The van der Waals surface area contributed by atoms with Gasteiger partial charge in [-0.2, -0.15) is 5.26 Å². The summed E-state index contributed by atoms with van der Waals surface area (Å²) in [6.07, 6.45) is 13.7. The maximum absolute atomic E-state index is 12.4. The molecule has 0 radical (unpaired) electrons. The number of amides is 1. The molecule has 4 saturated carbocycles. The third-order valence-electron chi connectivity index (χ3n) is 8.40. The summed E-state index contributed by atoms with van der Waals surface area (Å²) in [5.41, 5.74) is -0.542. The average Bonchev–Trinajstić information content (AvgIpc) is 3.27. The van der Waals surface area contributed by atoms with Gasteiger partial charge in [-0.1, -0.05) is 25.7 Å². The van der Waals surface area contributed by atoms with E-state index in [1.807, 2.05) is 0 Å². The summed E-state index contributed by atoms with van der Waals surface area (Å²) in [4.78, 5) is 34.5. The van der Waals surface area contributed by atoms with Gasteiger partial charge in [-0.3, -0.25) is 14.4 Å². The summed E-state index contributed by atoms with van der Waals surface area (Å²) in [5.74, 6) is -0.196. The maximum Gasteiger partial charge on any atom is 0.303 e. The van der Waals surface area contributed by atoms with Crippen molar-refractivity contribution in [1.82, 2.24) is 10.2 Å². The van der Waals surface area contributed by atoms with E-state index < -0.39 is 17.5 Å². The van der Waals surface area contributed by atoms with Crippen molar-refractivity contribution >= 4 is 17.8 Å². The van der Waals surface area contributed by atoms with Gasteiger partial charge in [0.25, 0.3) is 0 Å². The average molecular weight is 506 g/mol. The molecule has 5 fully saturated rings. The van der Waals surface area contributed by atoms with Crippen LogP contribution in [-0.2, 0) is 14.4 Å². The lowest BCUT2D eigenvalue weighted by Gasteiger charge is -2.60. The Morgan fingerprint density at radius 1 is 0.917 bits per heavy atom. The Kier molecular flexibility index (Phi) is 10.1. The van der Waals surface area contributed by atoms with Gasteiger partial charge in [-0.05, 0) is 76.0 Å². The number of carboxylic acid groups (broad SMARTS) is 2. The van der Waals surface area contributed by atoms with Gasteiger partial charge >= 0.3 is 11.9 Å². The number of hydrogen-bond donors (Lipinski definition) is 4. The maximum atomic E-state index is 12.4. The molecule has 0 aromatic carbocycles. The molecule has 5 aliphatic rings. The summed E-state index contributed by atoms with van der Waals surface area (Å²) in [7, 11) is 0. The van der Waals surface area contributed by atoms with Crippen LogP contribution in [0.5, 0.6) is 0 Å². The highest BCUT2D eigenvalue weighted by atomic mass is 16.4. The molecule has 0 aromatic heterocycles. The highest BCUT2D eigenvalue weighted by Crippen LogP contribution is 2.57. The summed E-state index contributed by atoms with van der Waals surface area (Å²) in [6, 6.07) is 1.99. The van der Waals surface area contributed by atoms with Gasteiger partial charge in [0.1, 0.15) is 6.04 Å². The number of carboxylic acids is 2. The molecule has 4 aliphatic carbocycles. The molecular weight excluding hydrogens is 462 g/mol. The SMILES string of the molecule is N#C[C@@H]1CCCN1C(=O)CNC12CC3CC(CC(O)(C3)C1)C2.O=C(O)CCCCCCCCC(=O)O. The first kappa shape index (κ1) is 28.4. The number of nitriles is 1. The molecule has 202 valence electrons. The van der Waals surface area contributed by atoms with Crippen molar-refractivity contribution in [2.45, 2.75) is 120 Å². The predicted molar refractivity (Wildman–Crippen MR) is 133 cm³/mol. The van der Waals surface area contributed by atoms with Crippen LogP contribution in [0.3, 0.4) is 0 Å². The van der Waals surface area contributed by atoms with Crippen molar-refractivity contribution in [2.75, 3.05) is 13.1 Å². The molecule has 4 N–H and O–H groups in total. The predicted octanol–water partition coefficient (Wildman–Crippen LogP) is 3.45. The number of nitrogens with one attached hydrogen (secondary N) is 1. The van der Waals surface area contributed by atoms with Crippen molar-refractivity contribution in [2.24, 2.45) is 11.8 Å². The van der Waals surface area contributed by atoms with E-state index in [0.29, 0.717) is 24.9 Å². The normalized spacial score (nSPS) is 32.0. The Bertz CT molecular complexity index is 791. The lowest BCUT2D eigenvalue weighted by Crippen LogP contribution is -2.65. The number of rotatable bonds is 12. The third-order valence-corrected chi connectivity index (χ3v) is 8.40. The summed E-state index contributed by atoms with van der Waals surface area (Å²) in [5, 5.41) is 40.1. The van der Waals surface area contributed by atoms with Gasteiger partial charge in [0.2, 0.25) is 5.91 Å². The van der Waals surface area contributed by atoms with E-state index in [2.05, 4.69) is 11.4 Å². The second kappa shape index (κ2) is 12.9. The Morgan fingerprint density at radius 2 is 1.47 bits per heavy atom. The van der Waals surface area contributed by atoms with Gasteiger partial charge in [0.15, 0.2) is 0 Å². The van der Waals surface area contributed by atoms with Crippen LogP contribution in [0.1, 0.15) is 103 Å². The van der Waals surface area contributed by atoms with Crippen molar-refractivity contribution in [3.8, 4) is 6.07 Å². The van der Waals surface area contributed by atoms with Gasteiger partial charge in [-0.25, -0.2) is 0 Å². The highest BCUT2D eigenvalue weighted by molar-refractivity contribution is 5.79. The molecule has 5 rings (SSSR count). The van der Waals surface area contributed by atoms with Crippen molar-refractivity contribution < 1.29 is 29.7 Å². The molecule has 0 aromatic rings. The second-order valence-corrected chi connectivity index (χ2v) is 11.6. The first-order chi connectivity index (χ1) is 17.1. The van der Waals surface area contributed by atoms with Gasteiger partial charge in [-0.15, -0.1) is 0 Å². The number of carbonyl (C=O) groups is 3. The monoisotopic (exact) mass is 505 g/mol. The zero-order valence-electron chi connectivity index (χ0n) is 21.4. The van der Waals surface area contributed by atoms with E-state index in [9.17, 15) is 19.5 Å². The largest absolute Gasteiger partial charge is 0.481 e. The van der Waals surface area contributed by atoms with Crippen molar-refractivity contribution in [3.63, 3.8) is 0 Å². The lowest BCUT2D eigenvalue weighted by atomic mass is 9.51. The molecule has 1 saturated heterocycles. The summed E-state index contributed by atoms with van der Waals surface area (Å²) < 4.78 is 0. The molecule has 36 heavy (non-hydrogen) atoms. The van der Waals surface area contributed by atoms with Crippen LogP contribution < -0.4 is 5.32 Å². The van der Waals surface area contributed by atoms with E-state index in [1.165, 1.54) is 6.42 Å². The fourth-order valence-corrected chi connectivity index (χ4v) is 7.24. The summed E-state index contributed by atoms with van der Waals surface area (Å²) >= 11 is 0. The smallest absolute Gasteiger partial charge is 0.303 e. The van der Waals surface area contributed by atoms with Gasteiger partial charge < -0.3 is 25.5 Å². The van der Waals surface area contributed by atoms with Crippen LogP contribution in [0.15, 0.2) is 0 Å². The number of aliphatic hydroxyl groups is 1. The molecule has 2 unspecified atom stereocenters. The number of nitrogens with zero attached hydrogens (tertiary/aromatic N) is 2. The number of unbranched alkanes of at least 4 members (excludes halogenated alkanes) is 5.